The summed E-state index contributed by atoms with van der Waals surface area (Å²) in [4.78, 5) is 31.6. The van der Waals surface area contributed by atoms with Gasteiger partial charge in [0.25, 0.3) is 0 Å². The van der Waals surface area contributed by atoms with Gasteiger partial charge in [-0.05, 0) is 37.1 Å². The lowest BCUT2D eigenvalue weighted by Crippen LogP contribution is -2.53. The van der Waals surface area contributed by atoms with Crippen LogP contribution in [0.1, 0.15) is 31.7 Å². The number of piperazine rings is 1. The number of hydrogen-bond donors (Lipinski definition) is 0. The summed E-state index contributed by atoms with van der Waals surface area (Å²) in [5, 5.41) is 0. The Bertz CT molecular complexity index is 715. The summed E-state index contributed by atoms with van der Waals surface area (Å²) in [6.07, 6.45) is 2.18. The average Bonchev–Trinajstić information content (AvgIpc) is 3.29. The molecule has 1 unspecified atom stereocenters. The minimum Gasteiger partial charge on any atom is -0.454 e. The van der Waals surface area contributed by atoms with E-state index in [0.717, 1.165) is 50.5 Å². The first-order valence-electron chi connectivity index (χ1n) is 9.85. The Balaban J connectivity index is 1.41. The second-order valence-electron chi connectivity index (χ2n) is 7.43. The fraction of sp³-hybridized carbons (Fsp3) is 0.600. The van der Waals surface area contributed by atoms with Gasteiger partial charge < -0.3 is 19.3 Å². The van der Waals surface area contributed by atoms with E-state index in [1.54, 1.807) is 4.90 Å². The van der Waals surface area contributed by atoms with E-state index in [1.807, 2.05) is 23.1 Å². The van der Waals surface area contributed by atoms with Gasteiger partial charge in [0.15, 0.2) is 11.5 Å². The Morgan fingerprint density at radius 1 is 1.15 bits per heavy atom. The number of carbonyl (C=O) groups is 2. The van der Waals surface area contributed by atoms with Gasteiger partial charge >= 0.3 is 0 Å². The van der Waals surface area contributed by atoms with E-state index in [1.165, 1.54) is 0 Å². The molecule has 1 atom stereocenters. The fourth-order valence-electron chi connectivity index (χ4n) is 4.14. The standard InChI is InChI=1S/C20H27N3O4/c1-2-7-21-8-10-22(11-9-21)20(25)16-4-6-19(24)23(16)13-15-3-5-17-18(12-15)27-14-26-17/h3,5,12,16H,2,4,6-11,13-14H2,1H3. The molecule has 7 nitrogen and oxygen atoms in total. The van der Waals surface area contributed by atoms with Gasteiger partial charge in [-0.1, -0.05) is 13.0 Å². The maximum Gasteiger partial charge on any atom is 0.245 e. The second-order valence-corrected chi connectivity index (χ2v) is 7.43. The molecule has 0 bridgehead atoms. The molecule has 1 aromatic rings. The third-order valence-corrected chi connectivity index (χ3v) is 5.63. The van der Waals surface area contributed by atoms with Crippen molar-refractivity contribution in [3.63, 3.8) is 0 Å². The number of amides is 2. The quantitative estimate of drug-likeness (QED) is 0.782. The lowest BCUT2D eigenvalue weighted by molar-refractivity contribution is -0.143. The molecule has 2 amide bonds. The molecule has 2 fully saturated rings. The van der Waals surface area contributed by atoms with Gasteiger partial charge in [-0.2, -0.15) is 0 Å². The predicted molar refractivity (Wildman–Crippen MR) is 99.4 cm³/mol. The highest BCUT2D eigenvalue weighted by Gasteiger charge is 2.38. The number of carbonyl (C=O) groups excluding carboxylic acids is 2. The number of likely N-dealkylation sites (tertiary alicyclic amines) is 1. The topological polar surface area (TPSA) is 62.3 Å². The maximum absolute atomic E-state index is 13.1. The highest BCUT2D eigenvalue weighted by molar-refractivity contribution is 5.91. The maximum atomic E-state index is 13.1. The van der Waals surface area contributed by atoms with Crippen LogP contribution < -0.4 is 9.47 Å². The van der Waals surface area contributed by atoms with Crippen molar-refractivity contribution < 1.29 is 19.1 Å². The van der Waals surface area contributed by atoms with Gasteiger partial charge in [-0.15, -0.1) is 0 Å². The van der Waals surface area contributed by atoms with Gasteiger partial charge in [-0.3, -0.25) is 14.5 Å². The predicted octanol–water partition coefficient (Wildman–Crippen LogP) is 1.46. The SMILES string of the molecule is CCCN1CCN(C(=O)C2CCC(=O)N2Cc2ccc3c(c2)OCO3)CC1. The summed E-state index contributed by atoms with van der Waals surface area (Å²) in [5.74, 6) is 1.58. The summed E-state index contributed by atoms with van der Waals surface area (Å²) in [6.45, 7) is 7.26. The normalized spacial score (nSPS) is 22.6. The monoisotopic (exact) mass is 373 g/mol. The average molecular weight is 373 g/mol. The van der Waals surface area contributed by atoms with E-state index >= 15 is 0 Å². The van der Waals surface area contributed by atoms with Crippen molar-refractivity contribution in [3.05, 3.63) is 23.8 Å². The highest BCUT2D eigenvalue weighted by Crippen LogP contribution is 2.33. The first kappa shape index (κ1) is 18.1. The molecule has 1 aromatic carbocycles. The van der Waals surface area contributed by atoms with E-state index in [0.29, 0.717) is 25.1 Å². The van der Waals surface area contributed by atoms with Crippen LogP contribution in [0.3, 0.4) is 0 Å². The Kier molecular flexibility index (Phi) is 5.20. The number of nitrogens with zero attached hydrogens (tertiary/aromatic N) is 3. The van der Waals surface area contributed by atoms with Gasteiger partial charge in [-0.25, -0.2) is 0 Å². The smallest absolute Gasteiger partial charge is 0.245 e. The van der Waals surface area contributed by atoms with Crippen molar-refractivity contribution in [3.8, 4) is 11.5 Å². The van der Waals surface area contributed by atoms with Crippen LogP contribution >= 0.6 is 0 Å². The van der Waals surface area contributed by atoms with Crippen LogP contribution in [0, 0.1) is 0 Å². The van der Waals surface area contributed by atoms with E-state index < -0.39 is 0 Å². The molecule has 7 heteroatoms. The zero-order valence-electron chi connectivity index (χ0n) is 15.9. The number of hydrogen-bond acceptors (Lipinski definition) is 5. The number of rotatable bonds is 5. The first-order valence-corrected chi connectivity index (χ1v) is 9.85. The second kappa shape index (κ2) is 7.76. The lowest BCUT2D eigenvalue weighted by Gasteiger charge is -2.37. The van der Waals surface area contributed by atoms with Gasteiger partial charge in [0.2, 0.25) is 18.6 Å². The Morgan fingerprint density at radius 3 is 2.70 bits per heavy atom. The van der Waals surface area contributed by atoms with Gasteiger partial charge in [0.05, 0.1) is 0 Å². The third-order valence-electron chi connectivity index (χ3n) is 5.63. The van der Waals surface area contributed by atoms with Crippen molar-refractivity contribution >= 4 is 11.8 Å². The highest BCUT2D eigenvalue weighted by atomic mass is 16.7. The third kappa shape index (κ3) is 3.74. The van der Waals surface area contributed by atoms with Crippen molar-refractivity contribution in [2.45, 2.75) is 38.8 Å². The van der Waals surface area contributed by atoms with Gasteiger partial charge in [0.1, 0.15) is 6.04 Å². The van der Waals surface area contributed by atoms with Gasteiger partial charge in [0, 0.05) is 39.1 Å². The molecule has 3 aliphatic rings. The van der Waals surface area contributed by atoms with Crippen LogP contribution in [-0.2, 0) is 16.1 Å². The molecule has 0 aromatic heterocycles. The number of benzene rings is 1. The molecular weight excluding hydrogens is 346 g/mol. The van der Waals surface area contributed by atoms with Crippen LogP contribution in [0.5, 0.6) is 11.5 Å². The zero-order chi connectivity index (χ0) is 18.8. The zero-order valence-corrected chi connectivity index (χ0v) is 15.9. The van der Waals surface area contributed by atoms with Crippen LogP contribution in [0.2, 0.25) is 0 Å². The molecule has 0 N–H and O–H groups in total. The number of ether oxygens (including phenoxy) is 2. The Labute approximate surface area is 159 Å². The lowest BCUT2D eigenvalue weighted by atomic mass is 10.1. The van der Waals surface area contributed by atoms with E-state index in [9.17, 15) is 9.59 Å². The van der Waals surface area contributed by atoms with Crippen molar-refractivity contribution in [1.29, 1.82) is 0 Å². The van der Waals surface area contributed by atoms with Crippen LogP contribution in [-0.4, -0.2) is 72.1 Å². The van der Waals surface area contributed by atoms with E-state index in [-0.39, 0.29) is 24.6 Å². The summed E-state index contributed by atoms with van der Waals surface area (Å²) < 4.78 is 10.8. The molecular formula is C20H27N3O4. The molecule has 0 radical (unpaired) electrons. The Morgan fingerprint density at radius 2 is 1.93 bits per heavy atom. The molecule has 4 rings (SSSR count). The summed E-state index contributed by atoms with van der Waals surface area (Å²) >= 11 is 0. The van der Waals surface area contributed by atoms with Crippen molar-refractivity contribution in [1.82, 2.24) is 14.7 Å². The molecule has 27 heavy (non-hydrogen) atoms. The van der Waals surface area contributed by atoms with Crippen LogP contribution in [0.25, 0.3) is 0 Å². The van der Waals surface area contributed by atoms with E-state index in [4.69, 9.17) is 9.47 Å². The Hall–Kier alpha value is -2.28. The minimum absolute atomic E-state index is 0.0515. The molecule has 3 heterocycles. The van der Waals surface area contributed by atoms with Crippen LogP contribution in [0.15, 0.2) is 18.2 Å². The van der Waals surface area contributed by atoms with E-state index in [2.05, 4.69) is 11.8 Å². The van der Waals surface area contributed by atoms with Crippen molar-refractivity contribution in [2.24, 2.45) is 0 Å². The molecule has 0 aliphatic carbocycles. The molecule has 0 spiro atoms. The van der Waals surface area contributed by atoms with Crippen molar-refractivity contribution in [2.75, 3.05) is 39.5 Å². The summed E-state index contributed by atoms with van der Waals surface area (Å²) in [6, 6.07) is 5.35. The molecule has 146 valence electrons. The summed E-state index contributed by atoms with van der Waals surface area (Å²) in [5.41, 5.74) is 0.958. The molecule has 3 aliphatic heterocycles. The fourth-order valence-corrected chi connectivity index (χ4v) is 4.14. The molecule has 2 saturated heterocycles. The minimum atomic E-state index is -0.347. The first-order chi connectivity index (χ1) is 13.2. The number of fused-ring (bicyclic) bond motifs is 1. The largest absolute Gasteiger partial charge is 0.454 e. The van der Waals surface area contributed by atoms with Crippen LogP contribution in [0.4, 0.5) is 0 Å². The summed E-state index contributed by atoms with van der Waals surface area (Å²) in [7, 11) is 0. The molecule has 0 saturated carbocycles.